The molecule has 0 bridgehead atoms. The molecule has 1 N–H and O–H groups in total. The number of alkyl halides is 3. The molecule has 0 aliphatic carbocycles. The van der Waals surface area contributed by atoms with Crippen LogP contribution in [-0.2, 0) is 6.54 Å². The summed E-state index contributed by atoms with van der Waals surface area (Å²) < 4.78 is 48.2. The van der Waals surface area contributed by atoms with Gasteiger partial charge in [-0.05, 0) is 61.0 Å². The van der Waals surface area contributed by atoms with Crippen LogP contribution in [0.4, 0.5) is 18.9 Å². The molecule has 38 heavy (non-hydrogen) atoms. The number of rotatable bonds is 9. The van der Waals surface area contributed by atoms with Crippen LogP contribution >= 0.6 is 0 Å². The van der Waals surface area contributed by atoms with Gasteiger partial charge in [0.15, 0.2) is 0 Å². The molecule has 2 aromatic carbocycles. The fraction of sp³-hybridized carbons (Fsp3) is 0.179. The first-order chi connectivity index (χ1) is 18.2. The lowest BCUT2D eigenvalue weighted by Gasteiger charge is -2.11. The van der Waals surface area contributed by atoms with Crippen LogP contribution in [0.1, 0.15) is 22.5 Å². The number of aliphatic imine (C=N–C) groups is 2. The number of ether oxygens (including phenoxy) is 2. The Balaban J connectivity index is 1.54. The largest absolute Gasteiger partial charge is 0.573 e. The molecule has 0 saturated carbocycles. The number of carboxylic acids is 1. The predicted octanol–water partition coefficient (Wildman–Crippen LogP) is 4.79. The second-order valence-corrected chi connectivity index (χ2v) is 8.21. The molecule has 0 spiro atoms. The van der Waals surface area contributed by atoms with Crippen molar-refractivity contribution >= 4 is 35.9 Å². The van der Waals surface area contributed by atoms with Crippen molar-refractivity contribution in [2.45, 2.75) is 26.3 Å². The Bertz CT molecular complexity index is 1520. The summed E-state index contributed by atoms with van der Waals surface area (Å²) in [4.78, 5) is 20.9. The van der Waals surface area contributed by atoms with Gasteiger partial charge in [0, 0.05) is 29.4 Å². The minimum Gasteiger partial charge on any atom is -0.492 e. The summed E-state index contributed by atoms with van der Waals surface area (Å²) >= 11 is 0. The van der Waals surface area contributed by atoms with E-state index in [1.807, 2.05) is 37.3 Å². The SMILES string of the molecule is Cc1ccccc1N=C/C=C/C1=c2cc(C(=O)O)n(CCOc3ccc(OC(F)(F)F)cc3)c2=CCC=N1. The first kappa shape index (κ1) is 26.5. The van der Waals surface area contributed by atoms with Gasteiger partial charge < -0.3 is 19.1 Å². The standard InChI is InChI=1S/C28H24F3N3O4/c1-19-6-2-3-7-23(19)32-14-4-8-24-22-18-26(27(35)36)34(25(22)9-5-15-33-24)16-17-37-20-10-12-21(13-11-20)38-28(29,30)31/h2-4,6-15,18H,5,16-17H2,1H3,(H,35,36)/b8-4+,32-14?. The fourth-order valence-electron chi connectivity index (χ4n) is 3.88. The first-order valence-electron chi connectivity index (χ1n) is 11.7. The molecule has 196 valence electrons. The number of nitrogens with zero attached hydrogens (tertiary/aromatic N) is 3. The lowest BCUT2D eigenvalue weighted by atomic mass is 10.2. The number of benzene rings is 2. The van der Waals surface area contributed by atoms with Gasteiger partial charge in [0.25, 0.3) is 0 Å². The molecule has 3 aromatic rings. The summed E-state index contributed by atoms with van der Waals surface area (Å²) in [5.74, 6) is -1.14. The quantitative estimate of drug-likeness (QED) is 0.409. The van der Waals surface area contributed by atoms with E-state index in [1.165, 1.54) is 12.1 Å². The number of carbonyl (C=O) groups is 1. The van der Waals surface area contributed by atoms with E-state index in [0.29, 0.717) is 28.4 Å². The van der Waals surface area contributed by atoms with Crippen molar-refractivity contribution in [1.29, 1.82) is 0 Å². The van der Waals surface area contributed by atoms with Crippen molar-refractivity contribution in [3.05, 3.63) is 88.6 Å². The highest BCUT2D eigenvalue weighted by Crippen LogP contribution is 2.24. The Labute approximate surface area is 216 Å². The molecule has 1 aliphatic rings. The van der Waals surface area contributed by atoms with Gasteiger partial charge in [0.05, 0.1) is 17.9 Å². The number of halogens is 3. The molecule has 0 atom stereocenters. The summed E-state index contributed by atoms with van der Waals surface area (Å²) in [6.07, 6.45) is 4.54. The number of aromatic carboxylic acids is 1. The van der Waals surface area contributed by atoms with E-state index in [9.17, 15) is 23.1 Å². The number of carboxylic acid groups (broad SMARTS) is 1. The third-order valence-electron chi connectivity index (χ3n) is 5.59. The Hall–Kier alpha value is -4.60. The lowest BCUT2D eigenvalue weighted by Crippen LogP contribution is -2.32. The Morgan fingerprint density at radius 3 is 2.61 bits per heavy atom. The molecule has 1 aromatic heterocycles. The molecular formula is C28H24F3N3O4. The summed E-state index contributed by atoms with van der Waals surface area (Å²) in [7, 11) is 0. The van der Waals surface area contributed by atoms with Gasteiger partial charge in [-0.25, -0.2) is 4.79 Å². The molecule has 10 heteroatoms. The van der Waals surface area contributed by atoms with Gasteiger partial charge >= 0.3 is 12.3 Å². The van der Waals surface area contributed by atoms with Gasteiger partial charge in [0.1, 0.15) is 23.8 Å². The van der Waals surface area contributed by atoms with E-state index < -0.39 is 12.3 Å². The minimum absolute atomic E-state index is 0.0698. The Morgan fingerprint density at radius 1 is 1.16 bits per heavy atom. The van der Waals surface area contributed by atoms with Crippen LogP contribution in [0.3, 0.4) is 0 Å². The Kier molecular flexibility index (Phi) is 8.10. The third kappa shape index (κ3) is 6.78. The molecule has 0 radical (unpaired) electrons. The smallest absolute Gasteiger partial charge is 0.492 e. The highest BCUT2D eigenvalue weighted by molar-refractivity contribution is 5.87. The lowest BCUT2D eigenvalue weighted by molar-refractivity contribution is -0.274. The van der Waals surface area contributed by atoms with Gasteiger partial charge in [-0.15, -0.1) is 13.2 Å². The molecular weight excluding hydrogens is 499 g/mol. The van der Waals surface area contributed by atoms with Crippen LogP contribution in [0.2, 0.25) is 0 Å². The maximum absolute atomic E-state index is 12.3. The average Bonchev–Trinajstić information content (AvgIpc) is 3.10. The van der Waals surface area contributed by atoms with Crippen molar-refractivity contribution in [3.8, 4) is 11.5 Å². The number of para-hydroxylation sites is 1. The molecule has 7 nitrogen and oxygen atoms in total. The summed E-state index contributed by atoms with van der Waals surface area (Å²) in [6.45, 7) is 2.25. The third-order valence-corrected chi connectivity index (χ3v) is 5.59. The molecule has 1 aliphatic heterocycles. The van der Waals surface area contributed by atoms with Crippen LogP contribution in [0.15, 0.2) is 76.7 Å². The highest BCUT2D eigenvalue weighted by Gasteiger charge is 2.31. The molecule has 0 amide bonds. The fourth-order valence-corrected chi connectivity index (χ4v) is 3.88. The number of hydrogen-bond donors (Lipinski definition) is 1. The summed E-state index contributed by atoms with van der Waals surface area (Å²) in [5.41, 5.74) is 2.56. The number of aromatic nitrogens is 1. The van der Waals surface area contributed by atoms with E-state index in [0.717, 1.165) is 23.4 Å². The summed E-state index contributed by atoms with van der Waals surface area (Å²) in [5, 5.41) is 11.2. The molecule has 0 unspecified atom stereocenters. The number of hydrogen-bond acceptors (Lipinski definition) is 5. The van der Waals surface area contributed by atoms with E-state index in [-0.39, 0.29) is 24.6 Å². The van der Waals surface area contributed by atoms with E-state index >= 15 is 0 Å². The minimum atomic E-state index is -4.78. The normalized spacial score (nSPS) is 13.4. The number of fused-ring (bicyclic) bond motifs is 1. The maximum atomic E-state index is 12.3. The van der Waals surface area contributed by atoms with Crippen LogP contribution in [-0.4, -0.2) is 41.0 Å². The van der Waals surface area contributed by atoms with E-state index in [4.69, 9.17) is 4.74 Å². The second-order valence-electron chi connectivity index (χ2n) is 8.21. The van der Waals surface area contributed by atoms with Crippen molar-refractivity contribution in [2.24, 2.45) is 9.98 Å². The van der Waals surface area contributed by atoms with Gasteiger partial charge in [-0.2, -0.15) is 0 Å². The zero-order valence-electron chi connectivity index (χ0n) is 20.4. The topological polar surface area (TPSA) is 85.4 Å². The van der Waals surface area contributed by atoms with Crippen LogP contribution in [0.25, 0.3) is 11.8 Å². The first-order valence-corrected chi connectivity index (χ1v) is 11.7. The predicted molar refractivity (Wildman–Crippen MR) is 139 cm³/mol. The molecule has 0 saturated heterocycles. The molecule has 2 heterocycles. The molecule has 0 fully saturated rings. The van der Waals surface area contributed by atoms with Crippen molar-refractivity contribution in [1.82, 2.24) is 4.57 Å². The van der Waals surface area contributed by atoms with Crippen molar-refractivity contribution in [3.63, 3.8) is 0 Å². The van der Waals surface area contributed by atoms with Crippen molar-refractivity contribution in [2.75, 3.05) is 6.61 Å². The maximum Gasteiger partial charge on any atom is 0.573 e. The average molecular weight is 524 g/mol. The van der Waals surface area contributed by atoms with Gasteiger partial charge in [-0.1, -0.05) is 24.3 Å². The molecule has 4 rings (SSSR count). The van der Waals surface area contributed by atoms with Crippen LogP contribution in [0.5, 0.6) is 11.5 Å². The van der Waals surface area contributed by atoms with Gasteiger partial charge in [-0.3, -0.25) is 9.98 Å². The monoisotopic (exact) mass is 523 g/mol. The highest BCUT2D eigenvalue weighted by atomic mass is 19.4. The zero-order valence-corrected chi connectivity index (χ0v) is 20.4. The Morgan fingerprint density at radius 2 is 1.89 bits per heavy atom. The summed E-state index contributed by atoms with van der Waals surface area (Å²) in [6, 6.07) is 14.3. The van der Waals surface area contributed by atoms with Gasteiger partial charge in [0.2, 0.25) is 0 Å². The number of aryl methyl sites for hydroxylation is 1. The number of allylic oxidation sites excluding steroid dienone is 1. The zero-order chi connectivity index (χ0) is 27.1. The second kappa shape index (κ2) is 11.6. The van der Waals surface area contributed by atoms with Crippen molar-refractivity contribution < 1.29 is 32.5 Å². The van der Waals surface area contributed by atoms with Crippen LogP contribution in [0, 0.1) is 6.92 Å². The van der Waals surface area contributed by atoms with Crippen LogP contribution < -0.4 is 20.0 Å². The van der Waals surface area contributed by atoms with E-state index in [1.54, 1.807) is 35.2 Å². The van der Waals surface area contributed by atoms with E-state index in [2.05, 4.69) is 14.7 Å².